The third-order valence-electron chi connectivity index (χ3n) is 2.41. The standard InChI is InChI=1S/C13H17NO3/c1-9-4-3-5-11(6-9)13(17)14-8-10(2)7-12(15)16/h3-6,10H,7-8H2,1-2H3,(H,14,17)(H,15,16). The van der Waals surface area contributed by atoms with E-state index in [1.807, 2.05) is 19.1 Å². The van der Waals surface area contributed by atoms with E-state index in [2.05, 4.69) is 5.32 Å². The van der Waals surface area contributed by atoms with Crippen molar-refractivity contribution in [3.05, 3.63) is 35.4 Å². The molecule has 0 saturated heterocycles. The first-order chi connectivity index (χ1) is 7.99. The lowest BCUT2D eigenvalue weighted by molar-refractivity contribution is -0.137. The summed E-state index contributed by atoms with van der Waals surface area (Å²) in [6.45, 7) is 4.09. The Kier molecular flexibility index (Phi) is 4.69. The zero-order valence-electron chi connectivity index (χ0n) is 10.1. The minimum absolute atomic E-state index is 0.0636. The maximum absolute atomic E-state index is 11.7. The van der Waals surface area contributed by atoms with Crippen molar-refractivity contribution in [2.24, 2.45) is 5.92 Å². The zero-order valence-corrected chi connectivity index (χ0v) is 10.1. The van der Waals surface area contributed by atoms with Crippen LogP contribution in [0, 0.1) is 12.8 Å². The number of aryl methyl sites for hydroxylation is 1. The number of carbonyl (C=O) groups excluding carboxylic acids is 1. The Balaban J connectivity index is 2.47. The maximum atomic E-state index is 11.7. The quantitative estimate of drug-likeness (QED) is 0.818. The molecule has 2 N–H and O–H groups in total. The molecule has 0 saturated carbocycles. The number of benzene rings is 1. The van der Waals surface area contributed by atoms with Gasteiger partial charge in [0, 0.05) is 18.5 Å². The highest BCUT2D eigenvalue weighted by molar-refractivity contribution is 5.94. The fourth-order valence-corrected chi connectivity index (χ4v) is 1.53. The van der Waals surface area contributed by atoms with Gasteiger partial charge in [0.25, 0.3) is 5.91 Å². The Labute approximate surface area is 101 Å². The van der Waals surface area contributed by atoms with E-state index >= 15 is 0 Å². The van der Waals surface area contributed by atoms with Gasteiger partial charge in [-0.3, -0.25) is 9.59 Å². The van der Waals surface area contributed by atoms with Crippen LogP contribution in [0.2, 0.25) is 0 Å². The first kappa shape index (κ1) is 13.2. The summed E-state index contributed by atoms with van der Waals surface area (Å²) in [4.78, 5) is 22.2. The van der Waals surface area contributed by atoms with Crippen LogP contribution in [0.5, 0.6) is 0 Å². The molecule has 1 rings (SSSR count). The SMILES string of the molecule is Cc1cccc(C(=O)NCC(C)CC(=O)O)c1. The minimum atomic E-state index is -0.845. The summed E-state index contributed by atoms with van der Waals surface area (Å²) in [5.74, 6) is -1.07. The molecule has 1 aromatic carbocycles. The second-order valence-corrected chi connectivity index (χ2v) is 4.28. The van der Waals surface area contributed by atoms with Gasteiger partial charge in [0.05, 0.1) is 0 Å². The topological polar surface area (TPSA) is 66.4 Å². The molecule has 0 bridgehead atoms. The molecule has 4 nitrogen and oxygen atoms in total. The van der Waals surface area contributed by atoms with Gasteiger partial charge in [-0.2, -0.15) is 0 Å². The Hall–Kier alpha value is -1.84. The van der Waals surface area contributed by atoms with Gasteiger partial charge in [0.1, 0.15) is 0 Å². The predicted octanol–water partition coefficient (Wildman–Crippen LogP) is 1.84. The molecular weight excluding hydrogens is 218 g/mol. The van der Waals surface area contributed by atoms with Gasteiger partial charge in [0.2, 0.25) is 0 Å². The van der Waals surface area contributed by atoms with Crippen LogP contribution in [0.15, 0.2) is 24.3 Å². The summed E-state index contributed by atoms with van der Waals surface area (Å²) in [6, 6.07) is 7.29. The first-order valence-corrected chi connectivity index (χ1v) is 5.55. The van der Waals surface area contributed by atoms with Crippen molar-refractivity contribution in [1.29, 1.82) is 0 Å². The van der Waals surface area contributed by atoms with Gasteiger partial charge in [-0.25, -0.2) is 0 Å². The summed E-state index contributed by atoms with van der Waals surface area (Å²) in [5, 5.41) is 11.3. The van der Waals surface area contributed by atoms with E-state index in [1.165, 1.54) is 0 Å². The second-order valence-electron chi connectivity index (χ2n) is 4.28. The van der Waals surface area contributed by atoms with E-state index in [-0.39, 0.29) is 18.2 Å². The zero-order chi connectivity index (χ0) is 12.8. The first-order valence-electron chi connectivity index (χ1n) is 5.55. The van der Waals surface area contributed by atoms with Crippen molar-refractivity contribution >= 4 is 11.9 Å². The number of hydrogen-bond acceptors (Lipinski definition) is 2. The normalized spacial score (nSPS) is 11.9. The van der Waals surface area contributed by atoms with Gasteiger partial charge in [-0.15, -0.1) is 0 Å². The summed E-state index contributed by atoms with van der Waals surface area (Å²) in [6.07, 6.45) is 0.0636. The Morgan fingerprint density at radius 1 is 1.41 bits per heavy atom. The van der Waals surface area contributed by atoms with Crippen LogP contribution < -0.4 is 5.32 Å². The van der Waals surface area contributed by atoms with E-state index in [9.17, 15) is 9.59 Å². The van der Waals surface area contributed by atoms with Gasteiger partial charge < -0.3 is 10.4 Å². The summed E-state index contributed by atoms with van der Waals surface area (Å²) >= 11 is 0. The molecule has 4 heteroatoms. The average Bonchev–Trinajstić information content (AvgIpc) is 2.25. The van der Waals surface area contributed by atoms with Crippen molar-refractivity contribution in [3.63, 3.8) is 0 Å². The minimum Gasteiger partial charge on any atom is -0.481 e. The Bertz CT molecular complexity index is 415. The number of amides is 1. The van der Waals surface area contributed by atoms with E-state index in [0.29, 0.717) is 12.1 Å². The molecule has 1 amide bonds. The molecule has 1 aromatic rings. The molecule has 0 aliphatic rings. The summed E-state index contributed by atoms with van der Waals surface area (Å²) < 4.78 is 0. The van der Waals surface area contributed by atoms with Gasteiger partial charge in [0.15, 0.2) is 0 Å². The van der Waals surface area contributed by atoms with Crippen molar-refractivity contribution in [1.82, 2.24) is 5.32 Å². The third-order valence-corrected chi connectivity index (χ3v) is 2.41. The van der Waals surface area contributed by atoms with Crippen LogP contribution in [0.1, 0.15) is 29.3 Å². The number of carboxylic acid groups (broad SMARTS) is 1. The van der Waals surface area contributed by atoms with E-state index in [4.69, 9.17) is 5.11 Å². The van der Waals surface area contributed by atoms with Gasteiger partial charge in [-0.1, -0.05) is 24.6 Å². The van der Waals surface area contributed by atoms with Crippen molar-refractivity contribution < 1.29 is 14.7 Å². The highest BCUT2D eigenvalue weighted by Gasteiger charge is 2.10. The maximum Gasteiger partial charge on any atom is 0.303 e. The molecule has 0 radical (unpaired) electrons. The second kappa shape index (κ2) is 6.03. The number of nitrogens with one attached hydrogen (secondary N) is 1. The highest BCUT2D eigenvalue weighted by Crippen LogP contribution is 2.05. The molecular formula is C13H17NO3. The molecule has 0 fully saturated rings. The number of carbonyl (C=O) groups is 2. The summed E-state index contributed by atoms with van der Waals surface area (Å²) in [7, 11) is 0. The van der Waals surface area contributed by atoms with Gasteiger partial charge in [-0.05, 0) is 25.0 Å². The van der Waals surface area contributed by atoms with Crippen LogP contribution >= 0.6 is 0 Å². The lowest BCUT2D eigenvalue weighted by atomic mass is 10.1. The smallest absolute Gasteiger partial charge is 0.303 e. The van der Waals surface area contributed by atoms with E-state index < -0.39 is 5.97 Å². The van der Waals surface area contributed by atoms with E-state index in [0.717, 1.165) is 5.56 Å². The fourth-order valence-electron chi connectivity index (χ4n) is 1.53. The molecule has 0 aliphatic heterocycles. The molecule has 1 unspecified atom stereocenters. The number of hydrogen-bond donors (Lipinski definition) is 2. The highest BCUT2D eigenvalue weighted by atomic mass is 16.4. The Morgan fingerprint density at radius 3 is 2.71 bits per heavy atom. The lowest BCUT2D eigenvalue weighted by Gasteiger charge is -2.10. The van der Waals surface area contributed by atoms with Crippen LogP contribution in [-0.4, -0.2) is 23.5 Å². The van der Waals surface area contributed by atoms with Gasteiger partial charge >= 0.3 is 5.97 Å². The molecule has 0 heterocycles. The molecule has 0 aliphatic carbocycles. The van der Waals surface area contributed by atoms with Crippen molar-refractivity contribution in [2.45, 2.75) is 20.3 Å². The van der Waals surface area contributed by atoms with Crippen LogP contribution in [0.4, 0.5) is 0 Å². The number of aliphatic carboxylic acids is 1. The molecule has 92 valence electrons. The molecule has 0 spiro atoms. The fraction of sp³-hybridized carbons (Fsp3) is 0.385. The number of carboxylic acids is 1. The van der Waals surface area contributed by atoms with Crippen LogP contribution in [0.3, 0.4) is 0 Å². The monoisotopic (exact) mass is 235 g/mol. The largest absolute Gasteiger partial charge is 0.481 e. The number of rotatable bonds is 5. The summed E-state index contributed by atoms with van der Waals surface area (Å²) in [5.41, 5.74) is 1.63. The average molecular weight is 235 g/mol. The van der Waals surface area contributed by atoms with Crippen molar-refractivity contribution in [2.75, 3.05) is 6.54 Å². The Morgan fingerprint density at radius 2 is 2.12 bits per heavy atom. The lowest BCUT2D eigenvalue weighted by Crippen LogP contribution is -2.29. The molecule has 1 atom stereocenters. The van der Waals surface area contributed by atoms with Crippen LogP contribution in [0.25, 0.3) is 0 Å². The van der Waals surface area contributed by atoms with Crippen molar-refractivity contribution in [3.8, 4) is 0 Å². The molecule has 0 aromatic heterocycles. The molecule has 17 heavy (non-hydrogen) atoms. The van der Waals surface area contributed by atoms with E-state index in [1.54, 1.807) is 19.1 Å². The predicted molar refractivity (Wildman–Crippen MR) is 64.9 cm³/mol. The third kappa shape index (κ3) is 4.68. The van der Waals surface area contributed by atoms with Crippen LogP contribution in [-0.2, 0) is 4.79 Å².